The molecule has 16 heavy (non-hydrogen) atoms. The Morgan fingerprint density at radius 3 is 2.12 bits per heavy atom. The Bertz CT molecular complexity index is 217. The van der Waals surface area contributed by atoms with Crippen LogP contribution in [-0.2, 0) is 4.74 Å². The van der Waals surface area contributed by atoms with Gasteiger partial charge in [-0.1, -0.05) is 0 Å². The molecule has 4 heteroatoms. The maximum atomic E-state index is 13.0. The van der Waals surface area contributed by atoms with Gasteiger partial charge in [0.2, 0.25) is 0 Å². The first-order chi connectivity index (χ1) is 7.61. The van der Waals surface area contributed by atoms with E-state index in [9.17, 15) is 8.78 Å². The Morgan fingerprint density at radius 1 is 1.06 bits per heavy atom. The summed E-state index contributed by atoms with van der Waals surface area (Å²) in [7, 11) is 1.76. The molecule has 1 aliphatic carbocycles. The fraction of sp³-hybridized carbons (Fsp3) is 1.00. The van der Waals surface area contributed by atoms with Gasteiger partial charge in [0.15, 0.2) is 0 Å². The molecule has 0 spiro atoms. The number of hydrogen-bond acceptors (Lipinski definition) is 2. The van der Waals surface area contributed by atoms with Crippen LogP contribution in [0.3, 0.4) is 0 Å². The third-order valence-corrected chi connectivity index (χ3v) is 4.02. The van der Waals surface area contributed by atoms with E-state index in [-0.39, 0.29) is 12.8 Å². The summed E-state index contributed by atoms with van der Waals surface area (Å²) in [6.45, 7) is 1.13. The molecule has 0 bridgehead atoms. The van der Waals surface area contributed by atoms with Crippen molar-refractivity contribution in [3.63, 3.8) is 0 Å². The molecule has 0 N–H and O–H groups in total. The zero-order valence-corrected chi connectivity index (χ0v) is 9.92. The van der Waals surface area contributed by atoms with Crippen LogP contribution in [0.25, 0.3) is 0 Å². The summed E-state index contributed by atoms with van der Waals surface area (Å²) >= 11 is 0. The van der Waals surface area contributed by atoms with Crippen LogP contribution >= 0.6 is 0 Å². The number of likely N-dealkylation sites (tertiary alicyclic amines) is 1. The lowest BCUT2D eigenvalue weighted by Gasteiger charge is -2.40. The zero-order valence-electron chi connectivity index (χ0n) is 9.92. The predicted octanol–water partition coefficient (Wildman–Crippen LogP) is 2.68. The number of halogens is 2. The predicted molar refractivity (Wildman–Crippen MR) is 58.8 cm³/mol. The van der Waals surface area contributed by atoms with Crippen molar-refractivity contribution in [2.45, 2.75) is 56.6 Å². The third-order valence-electron chi connectivity index (χ3n) is 4.02. The minimum absolute atomic E-state index is 0.0389. The van der Waals surface area contributed by atoms with Crippen LogP contribution in [0.15, 0.2) is 0 Å². The molecule has 2 rings (SSSR count). The van der Waals surface area contributed by atoms with Gasteiger partial charge in [-0.25, -0.2) is 8.78 Å². The number of rotatable bonds is 2. The standard InChI is InChI=1S/C12H21F2NO/c1-16-11-4-2-10(3-5-11)15-8-6-12(13,14)7-9-15/h10-11H,2-9H2,1H3. The van der Waals surface area contributed by atoms with E-state index in [2.05, 4.69) is 4.90 Å². The van der Waals surface area contributed by atoms with Gasteiger partial charge < -0.3 is 4.74 Å². The van der Waals surface area contributed by atoms with Crippen LogP contribution in [0, 0.1) is 0 Å². The van der Waals surface area contributed by atoms with Crippen molar-refractivity contribution < 1.29 is 13.5 Å². The summed E-state index contributed by atoms with van der Waals surface area (Å²) < 4.78 is 31.4. The van der Waals surface area contributed by atoms with Crippen molar-refractivity contribution in [2.75, 3.05) is 20.2 Å². The monoisotopic (exact) mass is 233 g/mol. The Morgan fingerprint density at radius 2 is 1.62 bits per heavy atom. The Labute approximate surface area is 95.9 Å². The lowest BCUT2D eigenvalue weighted by Crippen LogP contribution is -2.46. The molecule has 0 aromatic carbocycles. The van der Waals surface area contributed by atoms with Crippen molar-refractivity contribution in [1.82, 2.24) is 4.90 Å². The van der Waals surface area contributed by atoms with Gasteiger partial charge in [-0.2, -0.15) is 0 Å². The molecule has 94 valence electrons. The molecular weight excluding hydrogens is 212 g/mol. The number of methoxy groups -OCH3 is 1. The van der Waals surface area contributed by atoms with Crippen molar-refractivity contribution in [1.29, 1.82) is 0 Å². The van der Waals surface area contributed by atoms with Gasteiger partial charge in [0.25, 0.3) is 5.92 Å². The molecule has 2 nitrogen and oxygen atoms in total. The smallest absolute Gasteiger partial charge is 0.250 e. The first-order valence-corrected chi connectivity index (χ1v) is 6.25. The van der Waals surface area contributed by atoms with Gasteiger partial charge in [0.05, 0.1) is 6.10 Å². The van der Waals surface area contributed by atoms with E-state index in [1.54, 1.807) is 7.11 Å². The van der Waals surface area contributed by atoms with Crippen LogP contribution in [0.4, 0.5) is 8.78 Å². The zero-order chi connectivity index (χ0) is 11.6. The minimum Gasteiger partial charge on any atom is -0.381 e. The number of piperidine rings is 1. The van der Waals surface area contributed by atoms with Crippen LogP contribution in [0.1, 0.15) is 38.5 Å². The minimum atomic E-state index is -2.42. The molecular formula is C12H21F2NO. The second-order valence-electron chi connectivity index (χ2n) is 5.06. The highest BCUT2D eigenvalue weighted by Crippen LogP contribution is 2.32. The van der Waals surface area contributed by atoms with E-state index in [0.717, 1.165) is 25.7 Å². The van der Waals surface area contributed by atoms with Crippen molar-refractivity contribution in [2.24, 2.45) is 0 Å². The summed E-state index contributed by atoms with van der Waals surface area (Å²) in [4.78, 5) is 2.25. The molecule has 2 fully saturated rings. The van der Waals surface area contributed by atoms with Crippen molar-refractivity contribution in [3.05, 3.63) is 0 Å². The highest BCUT2D eigenvalue weighted by molar-refractivity contribution is 4.85. The summed E-state index contributed by atoms with van der Waals surface area (Å²) in [5.74, 6) is -2.42. The van der Waals surface area contributed by atoms with Crippen LogP contribution in [-0.4, -0.2) is 43.2 Å². The molecule has 1 saturated heterocycles. The molecule has 1 saturated carbocycles. The first-order valence-electron chi connectivity index (χ1n) is 6.25. The third kappa shape index (κ3) is 2.92. The average Bonchev–Trinajstić information content (AvgIpc) is 2.29. The number of nitrogens with zero attached hydrogens (tertiary/aromatic N) is 1. The highest BCUT2D eigenvalue weighted by Gasteiger charge is 2.37. The molecule has 0 atom stereocenters. The fourth-order valence-corrected chi connectivity index (χ4v) is 2.86. The summed E-state index contributed by atoms with van der Waals surface area (Å²) in [5, 5.41) is 0. The van der Waals surface area contributed by atoms with E-state index >= 15 is 0 Å². The topological polar surface area (TPSA) is 12.5 Å². The summed E-state index contributed by atoms with van der Waals surface area (Å²) in [5.41, 5.74) is 0. The average molecular weight is 233 g/mol. The first kappa shape index (κ1) is 12.2. The molecule has 2 aliphatic rings. The Balaban J connectivity index is 1.78. The summed E-state index contributed by atoms with van der Waals surface area (Å²) in [6, 6.07) is 0.516. The maximum absolute atomic E-state index is 13.0. The Kier molecular flexibility index (Phi) is 3.80. The number of ether oxygens (including phenoxy) is 1. The summed E-state index contributed by atoms with van der Waals surface area (Å²) in [6.07, 6.45) is 4.83. The lowest BCUT2D eigenvalue weighted by atomic mass is 9.90. The van der Waals surface area contributed by atoms with E-state index in [4.69, 9.17) is 4.74 Å². The number of alkyl halides is 2. The van der Waals surface area contributed by atoms with E-state index in [1.165, 1.54) is 0 Å². The molecule has 1 heterocycles. The normalized spacial score (nSPS) is 36.2. The lowest BCUT2D eigenvalue weighted by molar-refractivity contribution is -0.0695. The molecule has 0 radical (unpaired) electrons. The van der Waals surface area contributed by atoms with Gasteiger partial charge in [0, 0.05) is 39.1 Å². The van der Waals surface area contributed by atoms with Gasteiger partial charge >= 0.3 is 0 Å². The van der Waals surface area contributed by atoms with Gasteiger partial charge in [0.1, 0.15) is 0 Å². The van der Waals surface area contributed by atoms with Gasteiger partial charge in [-0.05, 0) is 25.7 Å². The van der Waals surface area contributed by atoms with Crippen molar-refractivity contribution >= 4 is 0 Å². The maximum Gasteiger partial charge on any atom is 0.250 e. The quantitative estimate of drug-likeness (QED) is 0.727. The second kappa shape index (κ2) is 4.96. The van der Waals surface area contributed by atoms with Crippen LogP contribution in [0.5, 0.6) is 0 Å². The van der Waals surface area contributed by atoms with Crippen LogP contribution in [0.2, 0.25) is 0 Å². The highest BCUT2D eigenvalue weighted by atomic mass is 19.3. The largest absolute Gasteiger partial charge is 0.381 e. The van der Waals surface area contributed by atoms with E-state index < -0.39 is 5.92 Å². The molecule has 1 aliphatic heterocycles. The van der Waals surface area contributed by atoms with E-state index in [1.807, 2.05) is 0 Å². The molecule has 0 unspecified atom stereocenters. The van der Waals surface area contributed by atoms with Gasteiger partial charge in [-0.15, -0.1) is 0 Å². The van der Waals surface area contributed by atoms with Crippen molar-refractivity contribution in [3.8, 4) is 0 Å². The number of hydrogen-bond donors (Lipinski definition) is 0. The Hall–Kier alpha value is -0.220. The molecule has 0 aromatic rings. The molecule has 0 amide bonds. The molecule has 0 aromatic heterocycles. The SMILES string of the molecule is COC1CCC(N2CCC(F)(F)CC2)CC1. The fourth-order valence-electron chi connectivity index (χ4n) is 2.86. The van der Waals surface area contributed by atoms with Crippen LogP contribution < -0.4 is 0 Å². The van der Waals surface area contributed by atoms with Gasteiger partial charge in [-0.3, -0.25) is 4.90 Å². The van der Waals surface area contributed by atoms with E-state index in [0.29, 0.717) is 25.2 Å². The second-order valence-corrected chi connectivity index (χ2v) is 5.06.